The monoisotopic (exact) mass is 148 g/mol. The van der Waals surface area contributed by atoms with E-state index >= 15 is 0 Å². The second kappa shape index (κ2) is 4.85. The van der Waals surface area contributed by atoms with Gasteiger partial charge in [0.05, 0.1) is 7.18 Å². The maximum atomic E-state index is 11.9. The van der Waals surface area contributed by atoms with Crippen LogP contribution in [0.2, 0.25) is 0 Å². The fraction of sp³-hybridized carbons (Fsp3) is 0.143. The minimum absolute atomic E-state index is 0.500. The minimum Gasteiger partial charge on any atom is -0.255 e. The van der Waals surface area contributed by atoms with Gasteiger partial charge in [-0.05, 0) is 12.1 Å². The summed E-state index contributed by atoms with van der Waals surface area (Å²) in [6.07, 6.45) is 0. The summed E-state index contributed by atoms with van der Waals surface area (Å²) in [6, 6.07) is 5.04. The molecule has 0 aromatic heterocycles. The van der Waals surface area contributed by atoms with Crippen LogP contribution in [0.5, 0.6) is 0 Å². The number of hydrogen-bond donors (Lipinski definition) is 0. The highest BCUT2D eigenvalue weighted by molar-refractivity contribution is 5.05. The molecule has 56 valence electrons. The van der Waals surface area contributed by atoms with Crippen LogP contribution in [-0.4, -0.2) is 7.18 Å². The van der Waals surface area contributed by atoms with Crippen molar-refractivity contribution >= 4 is 0 Å². The van der Waals surface area contributed by atoms with E-state index in [-0.39, 0.29) is 0 Å². The molecule has 0 bridgehead atoms. The summed E-state index contributed by atoms with van der Waals surface area (Å²) in [4.78, 5) is 0. The van der Waals surface area contributed by atoms with Crippen LogP contribution >= 0.6 is 0 Å². The molecule has 0 saturated heterocycles. The topological polar surface area (TPSA) is 0 Å². The maximum absolute atomic E-state index is 11.9. The van der Waals surface area contributed by atoms with Gasteiger partial charge in [0, 0.05) is 0 Å². The standard InChI is InChI=1S/C6H4F2.CH3F/c7-5-3-1-2-4-6(5)8;1-2/h1-4H;1H3. The normalized spacial score (nSPS) is 8.00. The van der Waals surface area contributed by atoms with Crippen molar-refractivity contribution in [1.29, 1.82) is 0 Å². The molecule has 0 nitrogen and oxygen atoms in total. The van der Waals surface area contributed by atoms with Crippen molar-refractivity contribution in [2.24, 2.45) is 0 Å². The molecule has 0 aliphatic carbocycles. The Morgan fingerprint density at radius 2 is 1.20 bits per heavy atom. The van der Waals surface area contributed by atoms with Crippen LogP contribution in [0.3, 0.4) is 0 Å². The van der Waals surface area contributed by atoms with Gasteiger partial charge in [0.15, 0.2) is 11.6 Å². The number of hydrogen-bond acceptors (Lipinski definition) is 0. The van der Waals surface area contributed by atoms with E-state index in [4.69, 9.17) is 0 Å². The molecular formula is C7H7F3. The molecule has 1 rings (SSSR count). The Bertz CT molecular complexity index is 165. The molecule has 0 fully saturated rings. The largest absolute Gasteiger partial charge is 0.255 e. The summed E-state index contributed by atoms with van der Waals surface area (Å²) in [6.45, 7) is 0. The first-order valence-electron chi connectivity index (χ1n) is 2.58. The highest BCUT2D eigenvalue weighted by atomic mass is 19.2. The van der Waals surface area contributed by atoms with Crippen molar-refractivity contribution in [3.05, 3.63) is 35.9 Å². The zero-order valence-electron chi connectivity index (χ0n) is 5.44. The van der Waals surface area contributed by atoms with Gasteiger partial charge in [-0.3, -0.25) is 4.39 Å². The highest BCUT2D eigenvalue weighted by Gasteiger charge is 1.93. The summed E-state index contributed by atoms with van der Waals surface area (Å²) < 4.78 is 33.4. The fourth-order valence-corrected chi connectivity index (χ4v) is 0.439. The molecule has 0 atom stereocenters. The van der Waals surface area contributed by atoms with Crippen LogP contribution < -0.4 is 0 Å². The number of halogens is 3. The van der Waals surface area contributed by atoms with Crippen molar-refractivity contribution in [1.82, 2.24) is 0 Å². The van der Waals surface area contributed by atoms with E-state index < -0.39 is 11.6 Å². The second-order valence-corrected chi connectivity index (χ2v) is 1.41. The molecule has 1 aromatic carbocycles. The lowest BCUT2D eigenvalue weighted by Crippen LogP contribution is -1.77. The van der Waals surface area contributed by atoms with Crippen molar-refractivity contribution in [2.75, 3.05) is 7.18 Å². The number of rotatable bonds is 0. The van der Waals surface area contributed by atoms with Crippen LogP contribution in [0.25, 0.3) is 0 Å². The third-order valence-corrected chi connectivity index (χ3v) is 0.824. The first-order chi connectivity index (χ1) is 4.80. The lowest BCUT2D eigenvalue weighted by atomic mass is 10.3. The average Bonchev–Trinajstić information content (AvgIpc) is 2.00. The summed E-state index contributed by atoms with van der Waals surface area (Å²) in [5.74, 6) is -1.60. The summed E-state index contributed by atoms with van der Waals surface area (Å²) in [7, 11) is 0.500. The Hall–Kier alpha value is -0.990. The van der Waals surface area contributed by atoms with E-state index in [1.807, 2.05) is 0 Å². The predicted octanol–water partition coefficient (Wildman–Crippen LogP) is 2.55. The van der Waals surface area contributed by atoms with Crippen molar-refractivity contribution in [2.45, 2.75) is 0 Å². The van der Waals surface area contributed by atoms with Gasteiger partial charge in [-0.25, -0.2) is 8.78 Å². The van der Waals surface area contributed by atoms with Gasteiger partial charge in [-0.15, -0.1) is 0 Å². The molecule has 1 aromatic rings. The molecule has 0 unspecified atom stereocenters. The fourth-order valence-electron chi connectivity index (χ4n) is 0.439. The van der Waals surface area contributed by atoms with E-state index in [9.17, 15) is 13.2 Å². The summed E-state index contributed by atoms with van der Waals surface area (Å²) in [5.41, 5.74) is 0. The quantitative estimate of drug-likeness (QED) is 0.530. The van der Waals surface area contributed by atoms with Gasteiger partial charge in [0.1, 0.15) is 0 Å². The van der Waals surface area contributed by atoms with Gasteiger partial charge >= 0.3 is 0 Å². The molecule has 3 heteroatoms. The smallest absolute Gasteiger partial charge is 0.158 e. The summed E-state index contributed by atoms with van der Waals surface area (Å²) >= 11 is 0. The first kappa shape index (κ1) is 9.01. The van der Waals surface area contributed by atoms with Crippen LogP contribution in [0.4, 0.5) is 13.2 Å². The lowest BCUT2D eigenvalue weighted by Gasteiger charge is -1.85. The Kier molecular flexibility index (Phi) is 4.37. The van der Waals surface area contributed by atoms with Crippen molar-refractivity contribution in [3.8, 4) is 0 Å². The van der Waals surface area contributed by atoms with E-state index in [0.717, 1.165) is 12.1 Å². The molecule has 0 heterocycles. The predicted molar refractivity (Wildman–Crippen MR) is 33.4 cm³/mol. The third-order valence-electron chi connectivity index (χ3n) is 0.824. The van der Waals surface area contributed by atoms with E-state index in [2.05, 4.69) is 0 Å². The second-order valence-electron chi connectivity index (χ2n) is 1.41. The van der Waals surface area contributed by atoms with Crippen LogP contribution in [0.15, 0.2) is 24.3 Å². The highest BCUT2D eigenvalue weighted by Crippen LogP contribution is 2.01. The molecule has 0 N–H and O–H groups in total. The van der Waals surface area contributed by atoms with E-state index in [0.29, 0.717) is 7.18 Å². The Balaban J connectivity index is 0.000000371. The van der Waals surface area contributed by atoms with Crippen LogP contribution in [0, 0.1) is 11.6 Å². The molecule has 0 amide bonds. The maximum Gasteiger partial charge on any atom is 0.158 e. The minimum atomic E-state index is -0.799. The van der Waals surface area contributed by atoms with E-state index in [1.54, 1.807) is 0 Å². The molecule has 0 aliphatic rings. The molecular weight excluding hydrogens is 141 g/mol. The van der Waals surface area contributed by atoms with Gasteiger partial charge in [-0.1, -0.05) is 12.1 Å². The molecule has 10 heavy (non-hydrogen) atoms. The van der Waals surface area contributed by atoms with Crippen molar-refractivity contribution in [3.63, 3.8) is 0 Å². The van der Waals surface area contributed by atoms with Crippen LogP contribution in [-0.2, 0) is 0 Å². The first-order valence-corrected chi connectivity index (χ1v) is 2.58. The lowest BCUT2D eigenvalue weighted by molar-refractivity contribution is 0.508. The zero-order valence-corrected chi connectivity index (χ0v) is 5.44. The zero-order chi connectivity index (χ0) is 7.98. The number of benzene rings is 1. The van der Waals surface area contributed by atoms with Crippen molar-refractivity contribution < 1.29 is 13.2 Å². The summed E-state index contributed by atoms with van der Waals surface area (Å²) in [5, 5.41) is 0. The van der Waals surface area contributed by atoms with Gasteiger partial charge in [0.2, 0.25) is 0 Å². The molecule has 0 saturated carbocycles. The third kappa shape index (κ3) is 2.53. The van der Waals surface area contributed by atoms with Gasteiger partial charge in [0.25, 0.3) is 0 Å². The SMILES string of the molecule is CF.Fc1ccccc1F. The number of alkyl halides is 1. The molecule has 0 radical (unpaired) electrons. The van der Waals surface area contributed by atoms with Crippen LogP contribution in [0.1, 0.15) is 0 Å². The van der Waals surface area contributed by atoms with Gasteiger partial charge in [-0.2, -0.15) is 0 Å². The van der Waals surface area contributed by atoms with E-state index in [1.165, 1.54) is 12.1 Å². The molecule has 0 spiro atoms. The van der Waals surface area contributed by atoms with Gasteiger partial charge < -0.3 is 0 Å². The Labute approximate surface area is 57.3 Å². The average molecular weight is 148 g/mol. The molecule has 0 aliphatic heterocycles. The Morgan fingerprint density at radius 3 is 1.40 bits per heavy atom. The Morgan fingerprint density at radius 1 is 0.900 bits per heavy atom.